The third-order valence-corrected chi connectivity index (χ3v) is 5.46. The first-order valence-corrected chi connectivity index (χ1v) is 9.20. The Hall–Kier alpha value is -0.0800. The molecule has 3 aliphatic heterocycles. The minimum absolute atomic E-state index is 0. The molecule has 3 saturated heterocycles. The zero-order valence-electron chi connectivity index (χ0n) is 14.6. The van der Waals surface area contributed by atoms with Gasteiger partial charge in [0.1, 0.15) is 0 Å². The highest BCUT2D eigenvalue weighted by atomic mass is 127. The van der Waals surface area contributed by atoms with Crippen molar-refractivity contribution in [3.8, 4) is 0 Å². The molecule has 3 heterocycles. The van der Waals surface area contributed by atoms with Crippen molar-refractivity contribution in [1.82, 2.24) is 15.1 Å². The van der Waals surface area contributed by atoms with Crippen molar-refractivity contribution in [1.29, 1.82) is 0 Å². The van der Waals surface area contributed by atoms with Crippen LogP contribution in [-0.2, 0) is 4.74 Å². The topological polar surface area (TPSA) is 40.1 Å². The minimum Gasteiger partial charge on any atom is -0.381 e. The lowest BCUT2D eigenvalue weighted by Crippen LogP contribution is -2.54. The van der Waals surface area contributed by atoms with Crippen LogP contribution in [0.5, 0.6) is 0 Å². The lowest BCUT2D eigenvalue weighted by atomic mass is 9.88. The van der Waals surface area contributed by atoms with E-state index < -0.39 is 0 Å². The molecule has 0 atom stereocenters. The van der Waals surface area contributed by atoms with E-state index in [4.69, 9.17) is 9.73 Å². The Kier molecular flexibility index (Phi) is 7.88. The number of ether oxygens (including phenoxy) is 1. The van der Waals surface area contributed by atoms with Gasteiger partial charge in [-0.25, -0.2) is 0 Å². The van der Waals surface area contributed by atoms with Crippen molar-refractivity contribution in [2.45, 2.75) is 51.0 Å². The van der Waals surface area contributed by atoms with Gasteiger partial charge in [0.25, 0.3) is 0 Å². The zero-order chi connectivity index (χ0) is 15.3. The molecule has 1 N–H and O–H groups in total. The summed E-state index contributed by atoms with van der Waals surface area (Å²) < 4.78 is 5.64. The second-order valence-corrected chi connectivity index (χ2v) is 6.90. The lowest BCUT2D eigenvalue weighted by Gasteiger charge is -2.43. The number of aliphatic imine (C=N–C) groups is 1. The summed E-state index contributed by atoms with van der Waals surface area (Å²) in [5, 5.41) is 3.50. The van der Waals surface area contributed by atoms with Gasteiger partial charge in [-0.1, -0.05) is 0 Å². The van der Waals surface area contributed by atoms with E-state index in [9.17, 15) is 0 Å². The Labute approximate surface area is 158 Å². The summed E-state index contributed by atoms with van der Waals surface area (Å²) in [7, 11) is 0. The van der Waals surface area contributed by atoms with Gasteiger partial charge in [-0.05, 0) is 58.5 Å². The van der Waals surface area contributed by atoms with E-state index in [1.807, 2.05) is 0 Å². The molecule has 3 rings (SSSR count). The molecule has 3 aliphatic rings. The Morgan fingerprint density at radius 3 is 2.26 bits per heavy atom. The first kappa shape index (κ1) is 19.2. The Balaban J connectivity index is 0.00000192. The van der Waals surface area contributed by atoms with E-state index in [2.05, 4.69) is 22.0 Å². The molecule has 0 aromatic heterocycles. The molecule has 0 radical (unpaired) electrons. The van der Waals surface area contributed by atoms with Gasteiger partial charge >= 0.3 is 0 Å². The fraction of sp³-hybridized carbons (Fsp3) is 0.941. The van der Waals surface area contributed by atoms with E-state index in [1.54, 1.807) is 0 Å². The maximum Gasteiger partial charge on any atom is 0.193 e. The van der Waals surface area contributed by atoms with Gasteiger partial charge in [0.15, 0.2) is 5.96 Å². The minimum atomic E-state index is 0. The molecular formula is C17H33IN4O. The van der Waals surface area contributed by atoms with Crippen LogP contribution in [0.3, 0.4) is 0 Å². The smallest absolute Gasteiger partial charge is 0.193 e. The second kappa shape index (κ2) is 9.42. The standard InChI is InChI=1S/C17H32N4O.HI/c1-2-18-16(20-9-3-4-10-20)19-15-17(7-13-22-14-8-17)21-11-5-6-12-21;/h2-15H2,1H3,(H,18,19);1H. The number of likely N-dealkylation sites (tertiary alicyclic amines) is 2. The van der Waals surface area contributed by atoms with Gasteiger partial charge in [-0.15, -0.1) is 24.0 Å². The van der Waals surface area contributed by atoms with Gasteiger partial charge in [0.2, 0.25) is 0 Å². The van der Waals surface area contributed by atoms with E-state index in [0.717, 1.165) is 58.2 Å². The average molecular weight is 436 g/mol. The van der Waals surface area contributed by atoms with Gasteiger partial charge in [-0.3, -0.25) is 9.89 Å². The fourth-order valence-electron chi connectivity index (χ4n) is 4.09. The predicted molar refractivity (Wildman–Crippen MR) is 106 cm³/mol. The molecule has 0 unspecified atom stereocenters. The first-order valence-electron chi connectivity index (χ1n) is 9.20. The lowest BCUT2D eigenvalue weighted by molar-refractivity contribution is -0.0139. The maximum atomic E-state index is 5.64. The van der Waals surface area contributed by atoms with Gasteiger partial charge < -0.3 is 15.0 Å². The number of rotatable bonds is 4. The van der Waals surface area contributed by atoms with E-state index >= 15 is 0 Å². The Morgan fingerprint density at radius 2 is 1.65 bits per heavy atom. The molecule has 3 fully saturated rings. The molecule has 0 amide bonds. The monoisotopic (exact) mass is 436 g/mol. The molecule has 0 aliphatic carbocycles. The third-order valence-electron chi connectivity index (χ3n) is 5.46. The summed E-state index contributed by atoms with van der Waals surface area (Å²) in [4.78, 5) is 10.2. The quantitative estimate of drug-likeness (QED) is 0.417. The van der Waals surface area contributed by atoms with Gasteiger partial charge in [0.05, 0.1) is 6.54 Å². The first-order chi connectivity index (χ1) is 10.8. The van der Waals surface area contributed by atoms with Crippen LogP contribution < -0.4 is 5.32 Å². The largest absolute Gasteiger partial charge is 0.381 e. The molecule has 0 aromatic rings. The summed E-state index contributed by atoms with van der Waals surface area (Å²) in [5.41, 5.74) is 0.245. The number of nitrogens with one attached hydrogen (secondary N) is 1. The summed E-state index contributed by atoms with van der Waals surface area (Å²) >= 11 is 0. The number of hydrogen-bond donors (Lipinski definition) is 1. The van der Waals surface area contributed by atoms with Crippen LogP contribution in [0.4, 0.5) is 0 Å². The van der Waals surface area contributed by atoms with Crippen LogP contribution >= 0.6 is 24.0 Å². The Bertz CT molecular complexity index is 373. The van der Waals surface area contributed by atoms with E-state index in [-0.39, 0.29) is 29.5 Å². The van der Waals surface area contributed by atoms with Crippen LogP contribution in [0, 0.1) is 0 Å². The highest BCUT2D eigenvalue weighted by Crippen LogP contribution is 2.31. The van der Waals surface area contributed by atoms with Crippen molar-refractivity contribution in [3.05, 3.63) is 0 Å². The summed E-state index contributed by atoms with van der Waals surface area (Å²) in [6.45, 7) is 10.6. The number of guanidine groups is 1. The molecule has 0 aromatic carbocycles. The number of nitrogens with zero attached hydrogens (tertiary/aromatic N) is 3. The van der Waals surface area contributed by atoms with Crippen molar-refractivity contribution in [2.24, 2.45) is 4.99 Å². The van der Waals surface area contributed by atoms with Crippen LogP contribution in [0.1, 0.15) is 45.4 Å². The van der Waals surface area contributed by atoms with Crippen LogP contribution in [0.15, 0.2) is 4.99 Å². The summed E-state index contributed by atoms with van der Waals surface area (Å²) in [6.07, 6.45) is 7.56. The highest BCUT2D eigenvalue weighted by Gasteiger charge is 2.39. The van der Waals surface area contributed by atoms with Crippen molar-refractivity contribution in [2.75, 3.05) is 52.5 Å². The average Bonchev–Trinajstić information content (AvgIpc) is 3.25. The van der Waals surface area contributed by atoms with Gasteiger partial charge in [-0.2, -0.15) is 0 Å². The zero-order valence-corrected chi connectivity index (χ0v) is 16.9. The van der Waals surface area contributed by atoms with E-state index in [0.29, 0.717) is 0 Å². The maximum absolute atomic E-state index is 5.64. The van der Waals surface area contributed by atoms with Crippen molar-refractivity contribution in [3.63, 3.8) is 0 Å². The summed E-state index contributed by atoms with van der Waals surface area (Å²) in [6, 6.07) is 0. The molecule has 0 bridgehead atoms. The molecule has 0 spiro atoms. The molecule has 23 heavy (non-hydrogen) atoms. The molecular weight excluding hydrogens is 403 g/mol. The van der Waals surface area contributed by atoms with Crippen LogP contribution in [-0.4, -0.2) is 73.8 Å². The molecule has 5 nitrogen and oxygen atoms in total. The van der Waals surface area contributed by atoms with Gasteiger partial charge in [0, 0.05) is 38.4 Å². The van der Waals surface area contributed by atoms with Crippen LogP contribution in [0.25, 0.3) is 0 Å². The number of hydrogen-bond acceptors (Lipinski definition) is 3. The van der Waals surface area contributed by atoms with Crippen molar-refractivity contribution < 1.29 is 4.74 Å². The molecule has 134 valence electrons. The second-order valence-electron chi connectivity index (χ2n) is 6.90. The molecule has 6 heteroatoms. The molecule has 0 saturated carbocycles. The van der Waals surface area contributed by atoms with E-state index in [1.165, 1.54) is 38.8 Å². The third kappa shape index (κ3) is 4.72. The Morgan fingerprint density at radius 1 is 1.04 bits per heavy atom. The highest BCUT2D eigenvalue weighted by molar-refractivity contribution is 14.0. The van der Waals surface area contributed by atoms with Crippen LogP contribution in [0.2, 0.25) is 0 Å². The SMILES string of the molecule is CCNC(=NCC1(N2CCCC2)CCOCC1)N1CCCC1.I. The summed E-state index contributed by atoms with van der Waals surface area (Å²) in [5.74, 6) is 1.13. The number of halogens is 1. The normalized spacial score (nSPS) is 25.4. The fourth-order valence-corrected chi connectivity index (χ4v) is 4.09. The van der Waals surface area contributed by atoms with Crippen molar-refractivity contribution >= 4 is 29.9 Å². The predicted octanol–water partition coefficient (Wildman–Crippen LogP) is 2.31.